The van der Waals surface area contributed by atoms with Gasteiger partial charge in [0, 0.05) is 11.6 Å². The molecule has 0 aliphatic carbocycles. The molecule has 1 nitrogen and oxygen atoms in total. The lowest BCUT2D eigenvalue weighted by Gasteiger charge is -1.98. The fraction of sp³-hybridized carbons (Fsp3) is 0.400. The van der Waals surface area contributed by atoms with Gasteiger partial charge in [-0.05, 0) is 24.7 Å². The van der Waals surface area contributed by atoms with E-state index in [9.17, 15) is 0 Å². The van der Waals surface area contributed by atoms with Gasteiger partial charge >= 0.3 is 0 Å². The number of hydrogen-bond acceptors (Lipinski definition) is 1. The summed E-state index contributed by atoms with van der Waals surface area (Å²) in [6.45, 7) is 4.88. The predicted molar refractivity (Wildman–Crippen MR) is 55.6 cm³/mol. The van der Waals surface area contributed by atoms with E-state index in [0.717, 1.165) is 11.6 Å². The second-order valence-electron chi connectivity index (χ2n) is 2.16. The van der Waals surface area contributed by atoms with Crippen LogP contribution in [0.4, 0.5) is 0 Å². The minimum Gasteiger partial charge on any atom is -0.316 e. The van der Waals surface area contributed by atoms with E-state index in [-0.39, 0.29) is 0 Å². The van der Waals surface area contributed by atoms with E-state index >= 15 is 0 Å². The van der Waals surface area contributed by atoms with Crippen molar-refractivity contribution in [3.8, 4) is 0 Å². The minimum atomic E-state index is 0.799. The van der Waals surface area contributed by atoms with Gasteiger partial charge in [-0.15, -0.1) is 0 Å². The fourth-order valence-electron chi connectivity index (χ4n) is 0.851. The first-order valence-electron chi connectivity index (χ1n) is 4.22. The van der Waals surface area contributed by atoms with Crippen LogP contribution in [0, 0.1) is 0 Å². The molecule has 68 valence electrons. The van der Waals surface area contributed by atoms with E-state index in [1.54, 1.807) is 0 Å². The molecular weight excluding hydrogens is 170 g/mol. The van der Waals surface area contributed by atoms with Gasteiger partial charge in [-0.25, -0.2) is 0 Å². The SMILES string of the molecule is CC.CNCc1cccc(Cl)c1. The van der Waals surface area contributed by atoms with Crippen LogP contribution in [0.15, 0.2) is 24.3 Å². The van der Waals surface area contributed by atoms with Crippen LogP contribution in [0.5, 0.6) is 0 Å². The maximum atomic E-state index is 5.75. The molecule has 0 radical (unpaired) electrons. The smallest absolute Gasteiger partial charge is 0.0409 e. The molecule has 12 heavy (non-hydrogen) atoms. The van der Waals surface area contributed by atoms with Crippen LogP contribution in [0.3, 0.4) is 0 Å². The van der Waals surface area contributed by atoms with Crippen LogP contribution < -0.4 is 5.32 Å². The molecule has 1 N–H and O–H groups in total. The van der Waals surface area contributed by atoms with Gasteiger partial charge in [-0.1, -0.05) is 37.6 Å². The molecule has 0 aromatic heterocycles. The monoisotopic (exact) mass is 185 g/mol. The Hall–Kier alpha value is -0.530. The quantitative estimate of drug-likeness (QED) is 0.747. The summed E-state index contributed by atoms with van der Waals surface area (Å²) < 4.78 is 0. The number of rotatable bonds is 2. The number of halogens is 1. The van der Waals surface area contributed by atoms with Crippen LogP contribution in [-0.4, -0.2) is 7.05 Å². The van der Waals surface area contributed by atoms with Gasteiger partial charge < -0.3 is 5.32 Å². The van der Waals surface area contributed by atoms with Gasteiger partial charge in [0.1, 0.15) is 0 Å². The molecule has 0 aliphatic rings. The minimum absolute atomic E-state index is 0.799. The molecule has 0 spiro atoms. The molecule has 1 aromatic rings. The molecule has 2 heteroatoms. The first-order chi connectivity index (χ1) is 5.83. The maximum Gasteiger partial charge on any atom is 0.0409 e. The average molecular weight is 186 g/mol. The van der Waals surface area contributed by atoms with Crippen LogP contribution in [0.1, 0.15) is 19.4 Å². The van der Waals surface area contributed by atoms with Crippen molar-refractivity contribution in [2.45, 2.75) is 20.4 Å². The summed E-state index contributed by atoms with van der Waals surface area (Å²) in [6.07, 6.45) is 0. The lowest BCUT2D eigenvalue weighted by molar-refractivity contribution is 0.818. The highest BCUT2D eigenvalue weighted by atomic mass is 35.5. The van der Waals surface area contributed by atoms with Crippen LogP contribution in [-0.2, 0) is 6.54 Å². The van der Waals surface area contributed by atoms with E-state index in [1.165, 1.54) is 5.56 Å². The molecule has 0 unspecified atom stereocenters. The van der Waals surface area contributed by atoms with Crippen LogP contribution in [0.2, 0.25) is 5.02 Å². The second-order valence-corrected chi connectivity index (χ2v) is 2.60. The molecule has 1 aromatic carbocycles. The van der Waals surface area contributed by atoms with Crippen molar-refractivity contribution >= 4 is 11.6 Å². The first kappa shape index (κ1) is 11.5. The molecule has 0 saturated heterocycles. The van der Waals surface area contributed by atoms with Crippen molar-refractivity contribution in [3.63, 3.8) is 0 Å². The van der Waals surface area contributed by atoms with Crippen molar-refractivity contribution in [2.24, 2.45) is 0 Å². The van der Waals surface area contributed by atoms with Gasteiger partial charge in [0.2, 0.25) is 0 Å². The Bertz CT molecular complexity index is 211. The summed E-state index contributed by atoms with van der Waals surface area (Å²) in [4.78, 5) is 0. The third-order valence-corrected chi connectivity index (χ3v) is 1.51. The largest absolute Gasteiger partial charge is 0.316 e. The van der Waals surface area contributed by atoms with E-state index in [4.69, 9.17) is 11.6 Å². The lowest BCUT2D eigenvalue weighted by Crippen LogP contribution is -2.04. The van der Waals surface area contributed by atoms with Gasteiger partial charge in [-0.2, -0.15) is 0 Å². The third-order valence-electron chi connectivity index (χ3n) is 1.27. The Morgan fingerprint density at radius 1 is 1.33 bits per heavy atom. The number of nitrogens with one attached hydrogen (secondary N) is 1. The van der Waals surface area contributed by atoms with Crippen LogP contribution in [0.25, 0.3) is 0 Å². The Morgan fingerprint density at radius 3 is 2.50 bits per heavy atom. The van der Waals surface area contributed by atoms with E-state index < -0.39 is 0 Å². The third kappa shape index (κ3) is 4.37. The predicted octanol–water partition coefficient (Wildman–Crippen LogP) is 3.09. The summed E-state index contributed by atoms with van der Waals surface area (Å²) in [5.74, 6) is 0. The fourth-order valence-corrected chi connectivity index (χ4v) is 1.06. The standard InChI is InChI=1S/C8H10ClN.C2H6/c1-10-6-7-3-2-4-8(9)5-7;1-2/h2-5,10H,6H2,1H3;1-2H3. The number of hydrogen-bond donors (Lipinski definition) is 1. The Balaban J connectivity index is 0.000000561. The van der Waals surface area contributed by atoms with E-state index in [2.05, 4.69) is 5.32 Å². The lowest BCUT2D eigenvalue weighted by atomic mass is 10.2. The van der Waals surface area contributed by atoms with Gasteiger partial charge in [0.05, 0.1) is 0 Å². The van der Waals surface area contributed by atoms with Crippen molar-refractivity contribution in [2.75, 3.05) is 7.05 Å². The molecule has 0 amide bonds. The molecule has 0 atom stereocenters. The van der Waals surface area contributed by atoms with E-state index in [0.29, 0.717) is 0 Å². The number of benzene rings is 1. The zero-order valence-electron chi connectivity index (χ0n) is 7.89. The zero-order valence-corrected chi connectivity index (χ0v) is 8.65. The Labute approximate surface area is 79.8 Å². The van der Waals surface area contributed by atoms with Gasteiger partial charge in [-0.3, -0.25) is 0 Å². The molecule has 0 bridgehead atoms. The van der Waals surface area contributed by atoms with E-state index in [1.807, 2.05) is 45.2 Å². The highest BCUT2D eigenvalue weighted by Crippen LogP contribution is 2.09. The normalized spacial score (nSPS) is 8.67. The average Bonchev–Trinajstić information content (AvgIpc) is 2.09. The summed E-state index contributed by atoms with van der Waals surface area (Å²) >= 11 is 5.75. The molecule has 0 saturated carbocycles. The second kappa shape index (κ2) is 7.14. The first-order valence-corrected chi connectivity index (χ1v) is 4.60. The molecule has 0 heterocycles. The molecule has 0 fully saturated rings. The van der Waals surface area contributed by atoms with Crippen LogP contribution >= 0.6 is 11.6 Å². The summed E-state index contributed by atoms with van der Waals surface area (Å²) in [7, 11) is 1.92. The summed E-state index contributed by atoms with van der Waals surface area (Å²) in [5, 5.41) is 3.85. The highest BCUT2D eigenvalue weighted by Gasteiger charge is 1.89. The summed E-state index contributed by atoms with van der Waals surface area (Å²) in [6, 6.07) is 7.83. The maximum absolute atomic E-state index is 5.75. The molecule has 1 rings (SSSR count). The Kier molecular flexibility index (Phi) is 6.82. The highest BCUT2D eigenvalue weighted by molar-refractivity contribution is 6.30. The van der Waals surface area contributed by atoms with Gasteiger partial charge in [0.25, 0.3) is 0 Å². The Morgan fingerprint density at radius 2 is 2.00 bits per heavy atom. The van der Waals surface area contributed by atoms with Crippen molar-refractivity contribution in [1.82, 2.24) is 5.32 Å². The van der Waals surface area contributed by atoms with Crippen molar-refractivity contribution < 1.29 is 0 Å². The van der Waals surface area contributed by atoms with Crippen molar-refractivity contribution in [3.05, 3.63) is 34.9 Å². The van der Waals surface area contributed by atoms with Crippen molar-refractivity contribution in [1.29, 1.82) is 0 Å². The van der Waals surface area contributed by atoms with Gasteiger partial charge in [0.15, 0.2) is 0 Å². The zero-order chi connectivity index (χ0) is 9.40. The molecular formula is C10H16ClN. The summed E-state index contributed by atoms with van der Waals surface area (Å²) in [5.41, 5.74) is 1.22. The topological polar surface area (TPSA) is 12.0 Å². The molecule has 0 aliphatic heterocycles.